The fourth-order valence-corrected chi connectivity index (χ4v) is 2.04. The molecule has 0 saturated carbocycles. The Labute approximate surface area is 123 Å². The van der Waals surface area contributed by atoms with Gasteiger partial charge in [0, 0.05) is 24.4 Å². The summed E-state index contributed by atoms with van der Waals surface area (Å²) in [7, 11) is 0. The van der Waals surface area contributed by atoms with E-state index >= 15 is 0 Å². The first-order chi connectivity index (χ1) is 10.2. The van der Waals surface area contributed by atoms with Crippen molar-refractivity contribution in [1.29, 1.82) is 0 Å². The zero-order valence-electron chi connectivity index (χ0n) is 11.9. The molecule has 1 aliphatic heterocycles. The maximum Gasteiger partial charge on any atom is 0.254 e. The lowest BCUT2D eigenvalue weighted by Crippen LogP contribution is -2.49. The number of rotatable bonds is 10. The lowest BCUT2D eigenvalue weighted by Gasteiger charge is -2.29. The summed E-state index contributed by atoms with van der Waals surface area (Å²) in [5.74, 6) is -0.819. The second kappa shape index (κ2) is 8.80. The summed E-state index contributed by atoms with van der Waals surface area (Å²) in [4.78, 5) is 45.7. The number of aldehydes is 2. The standard InChI is InChI=1S/C14H19N3O4/c1-2-3-11(16-7-9-19)12(10-15-6-8-18)17-13(20)4-5-14(17)21/h3-5,8-9,12,15-16H,2,6-7,10H2,1H3/b11-3+. The van der Waals surface area contributed by atoms with Crippen molar-refractivity contribution in [3.63, 3.8) is 0 Å². The average Bonchev–Trinajstić information content (AvgIpc) is 2.80. The molecular formula is C14H19N3O4. The van der Waals surface area contributed by atoms with Crippen LogP contribution in [0.4, 0.5) is 0 Å². The zero-order valence-corrected chi connectivity index (χ0v) is 11.9. The molecule has 1 aliphatic rings. The molecule has 7 nitrogen and oxygen atoms in total. The van der Waals surface area contributed by atoms with Crippen LogP contribution in [0.3, 0.4) is 0 Å². The highest BCUT2D eigenvalue weighted by molar-refractivity contribution is 6.13. The number of imide groups is 1. The van der Waals surface area contributed by atoms with E-state index in [4.69, 9.17) is 0 Å². The average molecular weight is 293 g/mol. The lowest BCUT2D eigenvalue weighted by molar-refractivity contribution is -0.138. The van der Waals surface area contributed by atoms with E-state index in [0.717, 1.165) is 4.90 Å². The van der Waals surface area contributed by atoms with Crippen molar-refractivity contribution in [3.05, 3.63) is 23.9 Å². The Bertz CT molecular complexity index is 453. The molecule has 0 aromatic rings. The van der Waals surface area contributed by atoms with Crippen LogP contribution in [-0.2, 0) is 19.2 Å². The number of allylic oxidation sites excluding steroid dienone is 1. The maximum atomic E-state index is 11.8. The van der Waals surface area contributed by atoms with Crippen LogP contribution in [0.15, 0.2) is 23.9 Å². The summed E-state index contributed by atoms with van der Waals surface area (Å²) in [5, 5.41) is 5.76. The molecule has 2 amide bonds. The van der Waals surface area contributed by atoms with Crippen LogP contribution in [0, 0.1) is 0 Å². The Kier molecular flexibility index (Phi) is 7.03. The molecule has 0 saturated heterocycles. The molecule has 0 radical (unpaired) electrons. The molecule has 0 aliphatic carbocycles. The molecule has 0 fully saturated rings. The minimum atomic E-state index is -0.583. The van der Waals surface area contributed by atoms with E-state index in [2.05, 4.69) is 10.6 Å². The van der Waals surface area contributed by atoms with Crippen LogP contribution in [-0.4, -0.2) is 55.0 Å². The van der Waals surface area contributed by atoms with Gasteiger partial charge in [-0.3, -0.25) is 14.5 Å². The van der Waals surface area contributed by atoms with Gasteiger partial charge in [-0.25, -0.2) is 0 Å². The Balaban J connectivity index is 2.95. The van der Waals surface area contributed by atoms with E-state index < -0.39 is 17.9 Å². The third kappa shape index (κ3) is 4.64. The minimum Gasteiger partial charge on any atom is -0.380 e. The van der Waals surface area contributed by atoms with Gasteiger partial charge in [-0.15, -0.1) is 0 Å². The summed E-state index contributed by atoms with van der Waals surface area (Å²) < 4.78 is 0. The molecule has 114 valence electrons. The predicted octanol–water partition coefficient (Wildman–Crippen LogP) is -0.849. The highest BCUT2D eigenvalue weighted by Crippen LogP contribution is 2.15. The van der Waals surface area contributed by atoms with Crippen molar-refractivity contribution in [3.8, 4) is 0 Å². The van der Waals surface area contributed by atoms with Gasteiger partial charge in [0.15, 0.2) is 0 Å². The van der Waals surface area contributed by atoms with E-state index in [9.17, 15) is 19.2 Å². The van der Waals surface area contributed by atoms with Crippen LogP contribution < -0.4 is 10.6 Å². The van der Waals surface area contributed by atoms with Gasteiger partial charge < -0.3 is 20.2 Å². The van der Waals surface area contributed by atoms with Crippen molar-refractivity contribution in [2.24, 2.45) is 0 Å². The van der Waals surface area contributed by atoms with E-state index in [1.807, 2.05) is 13.0 Å². The van der Waals surface area contributed by atoms with Crippen molar-refractivity contribution in [2.75, 3.05) is 19.6 Å². The van der Waals surface area contributed by atoms with Crippen molar-refractivity contribution in [1.82, 2.24) is 15.5 Å². The number of amides is 2. The van der Waals surface area contributed by atoms with E-state index in [1.54, 1.807) is 0 Å². The molecule has 1 rings (SSSR count). The van der Waals surface area contributed by atoms with Crippen LogP contribution >= 0.6 is 0 Å². The van der Waals surface area contributed by atoms with Gasteiger partial charge in [-0.05, 0) is 6.42 Å². The topological polar surface area (TPSA) is 95.6 Å². The normalized spacial score (nSPS) is 16.2. The second-order valence-electron chi connectivity index (χ2n) is 4.34. The molecular weight excluding hydrogens is 274 g/mol. The van der Waals surface area contributed by atoms with E-state index in [-0.39, 0.29) is 19.6 Å². The van der Waals surface area contributed by atoms with Gasteiger partial charge in [0.05, 0.1) is 19.1 Å². The van der Waals surface area contributed by atoms with Gasteiger partial charge in [0.25, 0.3) is 11.8 Å². The lowest BCUT2D eigenvalue weighted by atomic mass is 10.1. The fraction of sp³-hybridized carbons (Fsp3) is 0.429. The fourth-order valence-electron chi connectivity index (χ4n) is 2.04. The summed E-state index contributed by atoms with van der Waals surface area (Å²) >= 11 is 0. The molecule has 0 aromatic heterocycles. The number of nitrogens with one attached hydrogen (secondary N) is 2. The third-order valence-corrected chi connectivity index (χ3v) is 2.89. The number of hydrogen-bond donors (Lipinski definition) is 2. The Morgan fingerprint density at radius 3 is 2.33 bits per heavy atom. The summed E-state index contributed by atoms with van der Waals surface area (Å²) in [6.45, 7) is 2.34. The molecule has 7 heteroatoms. The SMILES string of the molecule is CC/C=C(/NCC=O)C(CNCC=O)N1C(=O)C=CC1=O. The first-order valence-corrected chi connectivity index (χ1v) is 6.72. The van der Waals surface area contributed by atoms with E-state index in [1.165, 1.54) is 12.2 Å². The number of hydrogen-bond acceptors (Lipinski definition) is 6. The smallest absolute Gasteiger partial charge is 0.254 e. The van der Waals surface area contributed by atoms with Crippen molar-refractivity contribution in [2.45, 2.75) is 19.4 Å². The monoisotopic (exact) mass is 293 g/mol. The largest absolute Gasteiger partial charge is 0.380 e. The third-order valence-electron chi connectivity index (χ3n) is 2.89. The zero-order chi connectivity index (χ0) is 15.7. The van der Waals surface area contributed by atoms with Gasteiger partial charge in [-0.1, -0.05) is 13.0 Å². The van der Waals surface area contributed by atoms with Crippen molar-refractivity contribution < 1.29 is 19.2 Å². The molecule has 1 unspecified atom stereocenters. The Hall–Kier alpha value is -2.28. The summed E-state index contributed by atoms with van der Waals surface area (Å²) in [5.41, 5.74) is 0.605. The summed E-state index contributed by atoms with van der Waals surface area (Å²) in [6.07, 6.45) is 6.30. The van der Waals surface area contributed by atoms with Crippen LogP contribution in [0.1, 0.15) is 13.3 Å². The molecule has 0 spiro atoms. The first kappa shape index (κ1) is 16.8. The van der Waals surface area contributed by atoms with Crippen molar-refractivity contribution >= 4 is 24.4 Å². The van der Waals surface area contributed by atoms with Crippen LogP contribution in [0.25, 0.3) is 0 Å². The number of carbonyl (C=O) groups is 4. The van der Waals surface area contributed by atoms with Gasteiger partial charge in [0.1, 0.15) is 12.6 Å². The first-order valence-electron chi connectivity index (χ1n) is 6.72. The molecule has 0 aromatic carbocycles. The Morgan fingerprint density at radius 2 is 1.81 bits per heavy atom. The highest BCUT2D eigenvalue weighted by Gasteiger charge is 2.33. The number of nitrogens with zero attached hydrogens (tertiary/aromatic N) is 1. The minimum absolute atomic E-state index is 0.0830. The molecule has 21 heavy (non-hydrogen) atoms. The van der Waals surface area contributed by atoms with Gasteiger partial charge >= 0.3 is 0 Å². The second-order valence-corrected chi connectivity index (χ2v) is 4.34. The van der Waals surface area contributed by atoms with E-state index in [0.29, 0.717) is 24.7 Å². The Morgan fingerprint density at radius 1 is 1.19 bits per heavy atom. The van der Waals surface area contributed by atoms with Crippen LogP contribution in [0.5, 0.6) is 0 Å². The summed E-state index contributed by atoms with van der Waals surface area (Å²) in [6, 6.07) is -0.583. The molecule has 1 heterocycles. The van der Waals surface area contributed by atoms with Gasteiger partial charge in [-0.2, -0.15) is 0 Å². The molecule has 2 N–H and O–H groups in total. The quantitative estimate of drug-likeness (QED) is 0.309. The maximum absolute atomic E-state index is 11.8. The molecule has 0 bridgehead atoms. The van der Waals surface area contributed by atoms with Crippen LogP contribution in [0.2, 0.25) is 0 Å². The van der Waals surface area contributed by atoms with Gasteiger partial charge in [0.2, 0.25) is 0 Å². The predicted molar refractivity (Wildman–Crippen MR) is 76.2 cm³/mol. The number of carbonyl (C=O) groups excluding carboxylic acids is 4. The molecule has 1 atom stereocenters. The highest BCUT2D eigenvalue weighted by atomic mass is 16.2.